The van der Waals surface area contributed by atoms with Gasteiger partial charge >= 0.3 is 0 Å². The minimum Gasteiger partial charge on any atom is -0.457 e. The van der Waals surface area contributed by atoms with Crippen LogP contribution in [0.3, 0.4) is 0 Å². The Balaban J connectivity index is 1.64. The van der Waals surface area contributed by atoms with Crippen molar-refractivity contribution in [3.63, 3.8) is 0 Å². The first-order valence-corrected chi connectivity index (χ1v) is 9.04. The fraction of sp³-hybridized carbons (Fsp3) is 0.174. The van der Waals surface area contributed by atoms with E-state index in [2.05, 4.69) is 5.32 Å². The Labute approximate surface area is 165 Å². The Bertz CT molecular complexity index is 970. The van der Waals surface area contributed by atoms with Gasteiger partial charge in [0.15, 0.2) is 0 Å². The molecule has 3 rings (SSSR count). The highest BCUT2D eigenvalue weighted by Gasteiger charge is 2.10. The van der Waals surface area contributed by atoms with Gasteiger partial charge in [0.1, 0.15) is 11.5 Å². The number of anilines is 1. The second kappa shape index (κ2) is 9.06. The second-order valence-corrected chi connectivity index (χ2v) is 6.60. The van der Waals surface area contributed by atoms with E-state index < -0.39 is 0 Å². The van der Waals surface area contributed by atoms with E-state index in [1.54, 1.807) is 19.2 Å². The molecule has 3 aromatic rings. The molecule has 0 heterocycles. The van der Waals surface area contributed by atoms with Crippen LogP contribution >= 0.6 is 0 Å². The Morgan fingerprint density at radius 1 is 0.964 bits per heavy atom. The number of methoxy groups -OCH3 is 1. The van der Waals surface area contributed by atoms with Crippen molar-refractivity contribution in [1.29, 1.82) is 0 Å². The summed E-state index contributed by atoms with van der Waals surface area (Å²) in [5, 5.41) is 2.90. The van der Waals surface area contributed by atoms with E-state index in [1.165, 1.54) is 0 Å². The summed E-state index contributed by atoms with van der Waals surface area (Å²) in [6.45, 7) is 2.86. The van der Waals surface area contributed by atoms with Gasteiger partial charge in [-0.05, 0) is 60.0 Å². The summed E-state index contributed by atoms with van der Waals surface area (Å²) < 4.78 is 11.0. The number of nitrogens with two attached hydrogens (primary N) is 1. The van der Waals surface area contributed by atoms with Gasteiger partial charge in [-0.3, -0.25) is 4.79 Å². The maximum atomic E-state index is 12.5. The van der Waals surface area contributed by atoms with Crippen LogP contribution in [0.15, 0.2) is 66.7 Å². The number of ether oxygens (including phenoxy) is 2. The minimum absolute atomic E-state index is 0.216. The quantitative estimate of drug-likeness (QED) is 0.598. The van der Waals surface area contributed by atoms with Crippen LogP contribution in [-0.2, 0) is 17.9 Å². The first-order chi connectivity index (χ1) is 13.5. The van der Waals surface area contributed by atoms with Gasteiger partial charge in [-0.2, -0.15) is 0 Å². The van der Waals surface area contributed by atoms with Crippen LogP contribution in [0.4, 0.5) is 5.69 Å². The predicted molar refractivity (Wildman–Crippen MR) is 110 cm³/mol. The molecule has 0 unspecified atom stereocenters. The lowest BCUT2D eigenvalue weighted by Crippen LogP contribution is -2.23. The molecular formula is C23H24N2O3. The van der Waals surface area contributed by atoms with Gasteiger partial charge in [0.25, 0.3) is 5.91 Å². The minimum atomic E-state index is -0.216. The number of carbonyl (C=O) groups excluding carboxylic acids is 1. The highest BCUT2D eigenvalue weighted by molar-refractivity contribution is 5.99. The van der Waals surface area contributed by atoms with Gasteiger partial charge in [0, 0.05) is 19.3 Å². The maximum Gasteiger partial charge on any atom is 0.253 e. The fourth-order valence-corrected chi connectivity index (χ4v) is 2.89. The van der Waals surface area contributed by atoms with E-state index in [9.17, 15) is 4.79 Å². The molecule has 0 saturated heterocycles. The van der Waals surface area contributed by atoms with Gasteiger partial charge < -0.3 is 20.5 Å². The van der Waals surface area contributed by atoms with Crippen molar-refractivity contribution < 1.29 is 14.3 Å². The number of hydrogen-bond acceptors (Lipinski definition) is 4. The lowest BCUT2D eigenvalue weighted by Gasteiger charge is -2.11. The summed E-state index contributed by atoms with van der Waals surface area (Å²) in [5.74, 6) is 1.29. The molecule has 0 aliphatic rings. The van der Waals surface area contributed by atoms with Crippen LogP contribution in [0.2, 0.25) is 0 Å². The number of benzene rings is 3. The van der Waals surface area contributed by atoms with Crippen LogP contribution in [0.1, 0.15) is 27.0 Å². The van der Waals surface area contributed by atoms with Crippen molar-refractivity contribution in [2.45, 2.75) is 20.1 Å². The summed E-state index contributed by atoms with van der Waals surface area (Å²) >= 11 is 0. The third-order valence-electron chi connectivity index (χ3n) is 4.25. The molecule has 0 fully saturated rings. The topological polar surface area (TPSA) is 73.6 Å². The van der Waals surface area contributed by atoms with Crippen LogP contribution in [-0.4, -0.2) is 13.0 Å². The molecule has 5 nitrogen and oxygen atoms in total. The number of aryl methyl sites for hydroxylation is 1. The number of nitrogens with one attached hydrogen (secondary N) is 1. The van der Waals surface area contributed by atoms with Crippen molar-refractivity contribution in [1.82, 2.24) is 5.32 Å². The average Bonchev–Trinajstić information content (AvgIpc) is 2.67. The molecular weight excluding hydrogens is 352 g/mol. The van der Waals surface area contributed by atoms with Gasteiger partial charge in [0.2, 0.25) is 0 Å². The van der Waals surface area contributed by atoms with E-state index in [4.69, 9.17) is 15.2 Å². The molecule has 0 saturated carbocycles. The van der Waals surface area contributed by atoms with Crippen molar-refractivity contribution >= 4 is 11.6 Å². The maximum absolute atomic E-state index is 12.5. The Kier molecular flexibility index (Phi) is 6.29. The zero-order chi connectivity index (χ0) is 19.9. The van der Waals surface area contributed by atoms with E-state index in [1.807, 2.05) is 61.5 Å². The Hall–Kier alpha value is -3.31. The molecule has 144 valence electrons. The van der Waals surface area contributed by atoms with E-state index >= 15 is 0 Å². The van der Waals surface area contributed by atoms with Crippen molar-refractivity contribution in [3.8, 4) is 11.5 Å². The van der Waals surface area contributed by atoms with Crippen LogP contribution in [0.25, 0.3) is 0 Å². The highest BCUT2D eigenvalue weighted by Crippen LogP contribution is 2.23. The molecule has 0 spiro atoms. The molecule has 0 aliphatic carbocycles. The fourth-order valence-electron chi connectivity index (χ4n) is 2.89. The first kappa shape index (κ1) is 19.5. The Morgan fingerprint density at radius 3 is 2.43 bits per heavy atom. The van der Waals surface area contributed by atoms with Gasteiger partial charge in [-0.15, -0.1) is 0 Å². The molecule has 0 atom stereocenters. The van der Waals surface area contributed by atoms with Gasteiger partial charge in [-0.25, -0.2) is 0 Å². The first-order valence-electron chi connectivity index (χ1n) is 9.04. The zero-order valence-electron chi connectivity index (χ0n) is 16.1. The highest BCUT2D eigenvalue weighted by atomic mass is 16.5. The van der Waals surface area contributed by atoms with Gasteiger partial charge in [0.05, 0.1) is 12.2 Å². The number of carbonyl (C=O) groups is 1. The molecule has 3 N–H and O–H groups in total. The van der Waals surface area contributed by atoms with Crippen molar-refractivity contribution in [2.75, 3.05) is 12.8 Å². The summed E-state index contributed by atoms with van der Waals surface area (Å²) in [4.78, 5) is 12.5. The summed E-state index contributed by atoms with van der Waals surface area (Å²) in [5.41, 5.74) is 9.89. The summed E-state index contributed by atoms with van der Waals surface area (Å²) in [6, 6.07) is 20.8. The lowest BCUT2D eigenvalue weighted by molar-refractivity contribution is 0.0951. The summed E-state index contributed by atoms with van der Waals surface area (Å²) in [6.07, 6.45) is 0. The molecule has 3 aromatic carbocycles. The Morgan fingerprint density at radius 2 is 1.71 bits per heavy atom. The van der Waals surface area contributed by atoms with E-state index in [0.717, 1.165) is 28.2 Å². The molecule has 0 aromatic heterocycles. The van der Waals surface area contributed by atoms with Gasteiger partial charge in [-0.1, -0.05) is 30.3 Å². The third kappa shape index (κ3) is 5.11. The van der Waals surface area contributed by atoms with E-state index in [-0.39, 0.29) is 5.91 Å². The molecule has 0 radical (unpaired) electrons. The van der Waals surface area contributed by atoms with Crippen molar-refractivity contribution in [2.24, 2.45) is 0 Å². The molecule has 0 aliphatic heterocycles. The van der Waals surface area contributed by atoms with Crippen LogP contribution in [0.5, 0.6) is 11.5 Å². The summed E-state index contributed by atoms with van der Waals surface area (Å²) in [7, 11) is 1.62. The number of rotatable bonds is 7. The SMILES string of the molecule is COCc1ccc(C(=O)NCc2cccc(Oc3cccc(C)c3)c2)c(N)c1. The largest absolute Gasteiger partial charge is 0.457 e. The van der Waals surface area contributed by atoms with Crippen LogP contribution < -0.4 is 15.8 Å². The normalized spacial score (nSPS) is 10.5. The second-order valence-electron chi connectivity index (χ2n) is 6.60. The molecule has 1 amide bonds. The molecule has 28 heavy (non-hydrogen) atoms. The van der Waals surface area contributed by atoms with Crippen LogP contribution in [0, 0.1) is 6.92 Å². The zero-order valence-corrected chi connectivity index (χ0v) is 16.1. The average molecular weight is 376 g/mol. The van der Waals surface area contributed by atoms with E-state index in [0.29, 0.717) is 24.4 Å². The molecule has 0 bridgehead atoms. The molecule has 5 heteroatoms. The predicted octanol–water partition coefficient (Wildman–Crippen LogP) is 4.45. The lowest BCUT2D eigenvalue weighted by atomic mass is 10.1. The standard InChI is InChI=1S/C23H24N2O3/c1-16-5-3-7-19(11-16)28-20-8-4-6-17(12-20)14-25-23(26)21-10-9-18(15-27-2)13-22(21)24/h3-13H,14-15,24H2,1-2H3,(H,25,26). The number of hydrogen-bond donors (Lipinski definition) is 2. The van der Waals surface area contributed by atoms with Crippen molar-refractivity contribution in [3.05, 3.63) is 89.0 Å². The third-order valence-corrected chi connectivity index (χ3v) is 4.25. The monoisotopic (exact) mass is 376 g/mol. The number of amides is 1. The smallest absolute Gasteiger partial charge is 0.253 e. The number of nitrogen functional groups attached to an aromatic ring is 1.